The van der Waals surface area contributed by atoms with Crippen molar-refractivity contribution >= 4 is 42.1 Å². The van der Waals surface area contributed by atoms with Gasteiger partial charge in [0, 0.05) is 25.7 Å². The molecule has 1 aliphatic heterocycles. The van der Waals surface area contributed by atoms with E-state index < -0.39 is 59.7 Å². The molecule has 0 aromatic heterocycles. The predicted octanol–water partition coefficient (Wildman–Crippen LogP) is 4.23. The van der Waals surface area contributed by atoms with Gasteiger partial charge < -0.3 is 24.4 Å². The Kier molecular flexibility index (Phi) is 14.6. The number of halogens is 2. The highest BCUT2D eigenvalue weighted by Gasteiger charge is 2.36. The molecule has 1 N–H and O–H groups in total. The largest absolute Gasteiger partial charge is 0.468 e. The van der Waals surface area contributed by atoms with E-state index in [9.17, 15) is 32.8 Å². The van der Waals surface area contributed by atoms with E-state index in [1.54, 1.807) is 0 Å². The second kappa shape index (κ2) is 17.8. The van der Waals surface area contributed by atoms with Gasteiger partial charge in [-0.3, -0.25) is 14.4 Å². The standard InChI is InChI=1S/C31H41F2N3O8/c1-6-19(2)9-8-14-43-31(41)35-26(12-11-22-15-23(32)17-24(33)16-22)28(38)34-18-25(29(39)42-5)20(3)44-30(40)27-10-7-13-36(27)21(4)37/h11-12,15-20,25-27H,6-10,13-14H2,1-5H3,(H,35,41)/b12-11-,34-18?/t19?,20-,25?,26?,27?/m0/s1. The number of carbonyl (C=O) groups is 5. The van der Waals surface area contributed by atoms with Crippen LogP contribution in [-0.2, 0) is 33.4 Å². The molecule has 11 nitrogen and oxygen atoms in total. The lowest BCUT2D eigenvalue weighted by Gasteiger charge is -2.25. The van der Waals surface area contributed by atoms with Crippen molar-refractivity contribution in [1.82, 2.24) is 10.2 Å². The Morgan fingerprint density at radius 3 is 2.43 bits per heavy atom. The normalized spacial score (nSPS) is 17.6. The van der Waals surface area contributed by atoms with Crippen LogP contribution < -0.4 is 5.32 Å². The molecule has 1 aromatic carbocycles. The van der Waals surface area contributed by atoms with Gasteiger partial charge in [-0.25, -0.2) is 23.4 Å². The molecule has 4 unspecified atom stereocenters. The van der Waals surface area contributed by atoms with Gasteiger partial charge in [0.15, 0.2) is 0 Å². The maximum absolute atomic E-state index is 13.7. The third-order valence-electron chi connectivity index (χ3n) is 7.25. The lowest BCUT2D eigenvalue weighted by Crippen LogP contribution is -2.43. The highest BCUT2D eigenvalue weighted by molar-refractivity contribution is 5.99. The first-order chi connectivity index (χ1) is 20.9. The Morgan fingerprint density at radius 1 is 1.14 bits per heavy atom. The summed E-state index contributed by atoms with van der Waals surface area (Å²) in [6, 6.07) is 0.495. The third-order valence-corrected chi connectivity index (χ3v) is 7.25. The smallest absolute Gasteiger partial charge is 0.408 e. The van der Waals surface area contributed by atoms with Gasteiger partial charge in [0.05, 0.1) is 13.7 Å². The Balaban J connectivity index is 2.20. The van der Waals surface area contributed by atoms with Crippen LogP contribution in [0.25, 0.3) is 6.08 Å². The number of nitrogens with zero attached hydrogens (tertiary/aromatic N) is 2. The lowest BCUT2D eigenvalue weighted by molar-refractivity contribution is -0.161. The Bertz CT molecular complexity index is 1220. The number of amides is 3. The zero-order valence-corrected chi connectivity index (χ0v) is 25.7. The van der Waals surface area contributed by atoms with Crippen molar-refractivity contribution in [2.45, 2.75) is 78.0 Å². The maximum atomic E-state index is 13.7. The number of nitrogens with one attached hydrogen (secondary N) is 1. The van der Waals surface area contributed by atoms with E-state index in [0.717, 1.165) is 38.3 Å². The van der Waals surface area contributed by atoms with E-state index in [0.29, 0.717) is 37.8 Å². The van der Waals surface area contributed by atoms with E-state index >= 15 is 0 Å². The molecule has 0 radical (unpaired) electrons. The van der Waals surface area contributed by atoms with Crippen molar-refractivity contribution in [3.05, 3.63) is 41.5 Å². The molecule has 1 aliphatic rings. The van der Waals surface area contributed by atoms with E-state index in [-0.39, 0.29) is 18.1 Å². The lowest BCUT2D eigenvalue weighted by atomic mass is 10.0. The summed E-state index contributed by atoms with van der Waals surface area (Å²) in [5.74, 6) is -5.34. The summed E-state index contributed by atoms with van der Waals surface area (Å²) in [5, 5.41) is 2.36. The molecule has 0 aliphatic carbocycles. The van der Waals surface area contributed by atoms with Crippen LogP contribution in [0.1, 0.15) is 65.4 Å². The van der Waals surface area contributed by atoms with Crippen LogP contribution in [0.5, 0.6) is 0 Å². The first kappa shape index (κ1) is 36.0. The summed E-state index contributed by atoms with van der Waals surface area (Å²) in [5.41, 5.74) is 0.0764. The van der Waals surface area contributed by atoms with Gasteiger partial charge in [-0.05, 0) is 56.2 Å². The zero-order chi connectivity index (χ0) is 32.8. The molecule has 0 saturated carbocycles. The van der Waals surface area contributed by atoms with Crippen molar-refractivity contribution in [1.29, 1.82) is 0 Å². The van der Waals surface area contributed by atoms with Gasteiger partial charge in [-0.2, -0.15) is 0 Å². The van der Waals surface area contributed by atoms with Crippen LogP contribution in [-0.4, -0.2) is 79.4 Å². The van der Waals surface area contributed by atoms with Crippen LogP contribution in [0.15, 0.2) is 29.3 Å². The van der Waals surface area contributed by atoms with Crippen LogP contribution >= 0.6 is 0 Å². The van der Waals surface area contributed by atoms with E-state index in [1.807, 2.05) is 0 Å². The summed E-state index contributed by atoms with van der Waals surface area (Å²) in [6.45, 7) is 7.40. The number of benzene rings is 1. The molecular weight excluding hydrogens is 580 g/mol. The second-order valence-corrected chi connectivity index (χ2v) is 10.7. The van der Waals surface area contributed by atoms with Crippen molar-refractivity contribution in [3.8, 4) is 0 Å². The maximum Gasteiger partial charge on any atom is 0.408 e. The summed E-state index contributed by atoms with van der Waals surface area (Å²) in [6.07, 6.45) is 4.73. The molecule has 1 aromatic rings. The van der Waals surface area contributed by atoms with Crippen molar-refractivity contribution in [2.75, 3.05) is 20.3 Å². The molecular formula is C31H41F2N3O8. The molecule has 3 amide bonds. The number of hydrogen-bond donors (Lipinski definition) is 1. The Morgan fingerprint density at radius 2 is 1.82 bits per heavy atom. The first-order valence-corrected chi connectivity index (χ1v) is 14.6. The van der Waals surface area contributed by atoms with Crippen molar-refractivity contribution in [2.24, 2.45) is 16.8 Å². The number of hydrogen-bond acceptors (Lipinski definition) is 8. The molecule has 44 heavy (non-hydrogen) atoms. The van der Waals surface area contributed by atoms with E-state index in [2.05, 4.69) is 24.2 Å². The number of rotatable bonds is 14. The number of alkyl carbamates (subject to hydrolysis) is 1. The average Bonchev–Trinajstić information content (AvgIpc) is 3.47. The summed E-state index contributed by atoms with van der Waals surface area (Å²) in [4.78, 5) is 67.9. The third kappa shape index (κ3) is 11.5. The number of ether oxygens (including phenoxy) is 3. The van der Waals surface area contributed by atoms with Gasteiger partial charge in [-0.1, -0.05) is 32.4 Å². The second-order valence-electron chi connectivity index (χ2n) is 10.7. The number of methoxy groups -OCH3 is 1. The number of carbonyl (C=O) groups excluding carboxylic acids is 5. The SMILES string of the molecule is CCC(C)CCCOC(=O)NC(/C=C\c1cc(F)cc(F)c1)C(=O)N=CC(C(=O)OC)[C@H](C)OC(=O)C1CCCN1C(C)=O. The van der Waals surface area contributed by atoms with Crippen LogP contribution in [0.3, 0.4) is 0 Å². The van der Waals surface area contributed by atoms with Crippen molar-refractivity contribution < 1.29 is 47.0 Å². The highest BCUT2D eigenvalue weighted by Crippen LogP contribution is 2.20. The number of esters is 2. The molecule has 0 bridgehead atoms. The van der Waals surface area contributed by atoms with Crippen molar-refractivity contribution in [3.63, 3.8) is 0 Å². The highest BCUT2D eigenvalue weighted by atomic mass is 19.1. The first-order valence-electron chi connectivity index (χ1n) is 14.6. The summed E-state index contributed by atoms with van der Waals surface area (Å²) < 4.78 is 42.8. The fourth-order valence-corrected chi connectivity index (χ4v) is 4.51. The van der Waals surface area contributed by atoms with Crippen LogP contribution in [0, 0.1) is 23.5 Å². The molecule has 242 valence electrons. The minimum absolute atomic E-state index is 0.0764. The average molecular weight is 622 g/mol. The molecule has 0 spiro atoms. The predicted molar refractivity (Wildman–Crippen MR) is 157 cm³/mol. The number of likely N-dealkylation sites (tertiary alicyclic amines) is 1. The monoisotopic (exact) mass is 621 g/mol. The van der Waals surface area contributed by atoms with E-state index in [4.69, 9.17) is 14.2 Å². The van der Waals surface area contributed by atoms with Gasteiger partial charge in [0.1, 0.15) is 35.7 Å². The summed E-state index contributed by atoms with van der Waals surface area (Å²) >= 11 is 0. The minimum atomic E-state index is -1.45. The molecule has 2 rings (SSSR count). The molecule has 1 saturated heterocycles. The molecule has 1 heterocycles. The Labute approximate surface area is 256 Å². The Hall–Kier alpha value is -4.16. The fourth-order valence-electron chi connectivity index (χ4n) is 4.51. The molecule has 13 heteroatoms. The van der Waals surface area contributed by atoms with Crippen LogP contribution in [0.2, 0.25) is 0 Å². The molecule has 5 atom stereocenters. The van der Waals surface area contributed by atoms with Gasteiger partial charge in [-0.15, -0.1) is 0 Å². The van der Waals surface area contributed by atoms with E-state index in [1.165, 1.54) is 30.9 Å². The van der Waals surface area contributed by atoms with Gasteiger partial charge in [0.25, 0.3) is 5.91 Å². The van der Waals surface area contributed by atoms with Gasteiger partial charge in [0.2, 0.25) is 5.91 Å². The van der Waals surface area contributed by atoms with Crippen LogP contribution in [0.4, 0.5) is 13.6 Å². The minimum Gasteiger partial charge on any atom is -0.468 e. The fraction of sp³-hybridized carbons (Fsp3) is 0.548. The number of aliphatic imine (C=N–C) groups is 1. The molecule has 1 fully saturated rings. The zero-order valence-electron chi connectivity index (χ0n) is 25.7. The topological polar surface area (TPSA) is 141 Å². The summed E-state index contributed by atoms with van der Waals surface area (Å²) in [7, 11) is 1.11. The quantitative estimate of drug-likeness (QED) is 0.141. The van der Waals surface area contributed by atoms with Gasteiger partial charge >= 0.3 is 18.0 Å².